The molecule has 1 aliphatic carbocycles. The van der Waals surface area contributed by atoms with Crippen molar-refractivity contribution >= 4 is 5.91 Å². The molecule has 0 aromatic rings. The number of hydrogen-bond acceptors (Lipinski definition) is 3. The Balaban J connectivity index is 1.59. The number of ether oxygens (including phenoxy) is 1. The second-order valence-corrected chi connectivity index (χ2v) is 6.38. The Morgan fingerprint density at radius 3 is 3.05 bits per heavy atom. The van der Waals surface area contributed by atoms with Gasteiger partial charge in [0.05, 0.1) is 18.8 Å². The summed E-state index contributed by atoms with van der Waals surface area (Å²) in [5, 5.41) is 3.52. The molecule has 1 saturated carbocycles. The van der Waals surface area contributed by atoms with Crippen LogP contribution < -0.4 is 5.32 Å². The quantitative estimate of drug-likeness (QED) is 0.824. The molecular weight excluding hydrogens is 240 g/mol. The predicted octanol–water partition coefficient (Wildman–Crippen LogP) is 1.54. The summed E-state index contributed by atoms with van der Waals surface area (Å²) in [6.45, 7) is 4.85. The first-order valence-corrected chi connectivity index (χ1v) is 7.90. The number of fused-ring (bicyclic) bond motifs is 1. The Labute approximate surface area is 115 Å². The summed E-state index contributed by atoms with van der Waals surface area (Å²) < 4.78 is 5.78. The Morgan fingerprint density at radius 2 is 2.21 bits per heavy atom. The molecule has 2 saturated heterocycles. The fourth-order valence-electron chi connectivity index (χ4n) is 3.93. The van der Waals surface area contributed by atoms with Crippen molar-refractivity contribution in [2.75, 3.05) is 19.7 Å². The number of carbonyl (C=O) groups is 1. The maximum absolute atomic E-state index is 12.6. The van der Waals surface area contributed by atoms with Crippen LogP contribution >= 0.6 is 0 Å². The summed E-state index contributed by atoms with van der Waals surface area (Å²) in [4.78, 5) is 14.7. The van der Waals surface area contributed by atoms with Gasteiger partial charge in [-0.15, -0.1) is 0 Å². The summed E-state index contributed by atoms with van der Waals surface area (Å²) in [5.41, 5.74) is 0. The van der Waals surface area contributed by atoms with Crippen LogP contribution in [0.15, 0.2) is 0 Å². The molecule has 0 bridgehead atoms. The molecule has 4 heteroatoms. The maximum atomic E-state index is 12.6. The van der Waals surface area contributed by atoms with Crippen LogP contribution in [0.3, 0.4) is 0 Å². The molecule has 4 nitrogen and oxygen atoms in total. The molecule has 4 atom stereocenters. The van der Waals surface area contributed by atoms with E-state index in [4.69, 9.17) is 4.74 Å². The van der Waals surface area contributed by atoms with Gasteiger partial charge in [-0.1, -0.05) is 6.92 Å². The summed E-state index contributed by atoms with van der Waals surface area (Å²) in [5.74, 6) is 0.963. The van der Waals surface area contributed by atoms with E-state index in [9.17, 15) is 4.79 Å². The Kier molecular flexibility index (Phi) is 4.08. The average molecular weight is 266 g/mol. The molecule has 2 heterocycles. The predicted molar refractivity (Wildman–Crippen MR) is 73.9 cm³/mol. The van der Waals surface area contributed by atoms with E-state index in [1.165, 1.54) is 19.3 Å². The van der Waals surface area contributed by atoms with E-state index in [0.717, 1.165) is 32.5 Å². The summed E-state index contributed by atoms with van der Waals surface area (Å²) in [6.07, 6.45) is 6.95. The lowest BCUT2D eigenvalue weighted by molar-refractivity contribution is -0.144. The number of piperidine rings is 1. The number of rotatable bonds is 2. The van der Waals surface area contributed by atoms with Gasteiger partial charge in [-0.3, -0.25) is 4.79 Å². The second-order valence-electron chi connectivity index (χ2n) is 6.38. The molecule has 108 valence electrons. The van der Waals surface area contributed by atoms with Gasteiger partial charge in [-0.05, 0) is 44.6 Å². The molecule has 0 aromatic heterocycles. The van der Waals surface area contributed by atoms with Gasteiger partial charge in [-0.2, -0.15) is 0 Å². The van der Waals surface area contributed by atoms with Crippen LogP contribution in [-0.2, 0) is 9.53 Å². The van der Waals surface area contributed by atoms with Crippen LogP contribution in [0.25, 0.3) is 0 Å². The topological polar surface area (TPSA) is 41.6 Å². The minimum Gasteiger partial charge on any atom is -0.374 e. The molecule has 0 aromatic carbocycles. The molecule has 1 N–H and O–H groups in total. The van der Waals surface area contributed by atoms with Crippen LogP contribution in [0.1, 0.15) is 45.4 Å². The lowest BCUT2D eigenvalue weighted by atomic mass is 9.90. The number of amides is 1. The van der Waals surface area contributed by atoms with Gasteiger partial charge in [0.25, 0.3) is 0 Å². The normalized spacial score (nSPS) is 39.1. The van der Waals surface area contributed by atoms with Crippen LogP contribution in [0.2, 0.25) is 0 Å². The van der Waals surface area contributed by atoms with Crippen LogP contribution in [0.4, 0.5) is 0 Å². The van der Waals surface area contributed by atoms with Crippen molar-refractivity contribution in [2.24, 2.45) is 5.92 Å². The van der Waals surface area contributed by atoms with Crippen LogP contribution in [-0.4, -0.2) is 48.7 Å². The molecule has 19 heavy (non-hydrogen) atoms. The first-order chi connectivity index (χ1) is 9.25. The molecule has 1 amide bonds. The van der Waals surface area contributed by atoms with E-state index in [0.29, 0.717) is 36.4 Å². The SMILES string of the molecule is CC1CCCNC1CC(=O)N1CCOC2CCCC21. The van der Waals surface area contributed by atoms with Crippen molar-refractivity contribution in [3.8, 4) is 0 Å². The number of morpholine rings is 1. The van der Waals surface area contributed by atoms with Gasteiger partial charge < -0.3 is 15.0 Å². The van der Waals surface area contributed by atoms with Crippen molar-refractivity contribution in [2.45, 2.75) is 63.6 Å². The van der Waals surface area contributed by atoms with Crippen LogP contribution in [0.5, 0.6) is 0 Å². The van der Waals surface area contributed by atoms with Crippen molar-refractivity contribution < 1.29 is 9.53 Å². The summed E-state index contributed by atoms with van der Waals surface area (Å²) >= 11 is 0. The highest BCUT2D eigenvalue weighted by Crippen LogP contribution is 2.30. The highest BCUT2D eigenvalue weighted by molar-refractivity contribution is 5.77. The van der Waals surface area contributed by atoms with E-state index in [1.807, 2.05) is 0 Å². The number of carbonyl (C=O) groups excluding carboxylic acids is 1. The fraction of sp³-hybridized carbons (Fsp3) is 0.933. The zero-order valence-electron chi connectivity index (χ0n) is 11.9. The van der Waals surface area contributed by atoms with Crippen LogP contribution in [0, 0.1) is 5.92 Å². The third kappa shape index (κ3) is 2.79. The monoisotopic (exact) mass is 266 g/mol. The Morgan fingerprint density at radius 1 is 1.32 bits per heavy atom. The highest BCUT2D eigenvalue weighted by Gasteiger charge is 2.39. The summed E-state index contributed by atoms with van der Waals surface area (Å²) in [6, 6.07) is 0.740. The van der Waals surface area contributed by atoms with Gasteiger partial charge >= 0.3 is 0 Å². The standard InChI is InChI=1S/C15H26N2O2/c1-11-4-3-7-16-12(11)10-15(18)17-8-9-19-14-6-2-5-13(14)17/h11-14,16H,2-10H2,1H3. The smallest absolute Gasteiger partial charge is 0.224 e. The minimum atomic E-state index is 0.314. The largest absolute Gasteiger partial charge is 0.374 e. The summed E-state index contributed by atoms with van der Waals surface area (Å²) in [7, 11) is 0. The van der Waals surface area contributed by atoms with E-state index in [1.54, 1.807) is 0 Å². The molecule has 2 aliphatic heterocycles. The Hall–Kier alpha value is -0.610. The highest BCUT2D eigenvalue weighted by atomic mass is 16.5. The Bertz CT molecular complexity index is 334. The number of hydrogen-bond donors (Lipinski definition) is 1. The second kappa shape index (κ2) is 5.80. The van der Waals surface area contributed by atoms with Gasteiger partial charge in [0.2, 0.25) is 5.91 Å². The van der Waals surface area contributed by atoms with E-state index < -0.39 is 0 Å². The zero-order chi connectivity index (χ0) is 13.2. The molecule has 3 aliphatic rings. The number of nitrogens with one attached hydrogen (secondary N) is 1. The lowest BCUT2D eigenvalue weighted by Gasteiger charge is -2.39. The molecule has 0 spiro atoms. The first kappa shape index (κ1) is 13.4. The fourth-order valence-corrected chi connectivity index (χ4v) is 3.93. The minimum absolute atomic E-state index is 0.314. The van der Waals surface area contributed by atoms with Gasteiger partial charge in [0.1, 0.15) is 0 Å². The van der Waals surface area contributed by atoms with Crippen molar-refractivity contribution in [3.05, 3.63) is 0 Å². The molecule has 0 radical (unpaired) electrons. The third-order valence-corrected chi connectivity index (χ3v) is 5.13. The third-order valence-electron chi connectivity index (χ3n) is 5.13. The number of nitrogens with zero attached hydrogens (tertiary/aromatic N) is 1. The molecule has 3 fully saturated rings. The zero-order valence-corrected chi connectivity index (χ0v) is 11.9. The first-order valence-electron chi connectivity index (χ1n) is 7.90. The van der Waals surface area contributed by atoms with E-state index in [2.05, 4.69) is 17.1 Å². The van der Waals surface area contributed by atoms with Gasteiger partial charge in [0, 0.05) is 19.0 Å². The molecule has 3 rings (SSSR count). The average Bonchev–Trinajstić information content (AvgIpc) is 2.89. The van der Waals surface area contributed by atoms with Gasteiger partial charge in [0.15, 0.2) is 0 Å². The van der Waals surface area contributed by atoms with E-state index >= 15 is 0 Å². The van der Waals surface area contributed by atoms with Crippen molar-refractivity contribution in [1.82, 2.24) is 10.2 Å². The van der Waals surface area contributed by atoms with Crippen molar-refractivity contribution in [3.63, 3.8) is 0 Å². The van der Waals surface area contributed by atoms with Gasteiger partial charge in [-0.25, -0.2) is 0 Å². The molecular formula is C15H26N2O2. The van der Waals surface area contributed by atoms with Crippen molar-refractivity contribution in [1.29, 1.82) is 0 Å². The van der Waals surface area contributed by atoms with E-state index in [-0.39, 0.29) is 0 Å². The maximum Gasteiger partial charge on any atom is 0.224 e. The molecule has 4 unspecified atom stereocenters. The lowest BCUT2D eigenvalue weighted by Crippen LogP contribution is -2.53.